The van der Waals surface area contributed by atoms with Gasteiger partial charge in [0.2, 0.25) is 0 Å². The summed E-state index contributed by atoms with van der Waals surface area (Å²) in [6.07, 6.45) is 1.70. The van der Waals surface area contributed by atoms with Crippen LogP contribution in [0.5, 0.6) is 0 Å². The zero-order chi connectivity index (χ0) is 10.6. The van der Waals surface area contributed by atoms with Crippen molar-refractivity contribution < 1.29 is 0 Å². The van der Waals surface area contributed by atoms with E-state index in [4.69, 9.17) is 16.9 Å². The summed E-state index contributed by atoms with van der Waals surface area (Å²) < 4.78 is 0. The minimum absolute atomic E-state index is 0.618. The number of aryl methyl sites for hydroxylation is 1. The third-order valence-corrected chi connectivity index (χ3v) is 3.42. The van der Waals surface area contributed by atoms with E-state index in [9.17, 15) is 0 Å². The van der Waals surface area contributed by atoms with Gasteiger partial charge in [-0.05, 0) is 25.5 Å². The van der Waals surface area contributed by atoms with E-state index in [2.05, 4.69) is 6.07 Å². The van der Waals surface area contributed by atoms with Crippen LogP contribution in [0.4, 0.5) is 0 Å². The molecular formula is C11H12ClNS. The number of nitriles is 1. The van der Waals surface area contributed by atoms with Crippen LogP contribution in [-0.4, -0.2) is 0 Å². The summed E-state index contributed by atoms with van der Waals surface area (Å²) in [6, 6.07) is 6.15. The molecule has 0 aromatic carbocycles. The lowest BCUT2D eigenvalue weighted by atomic mass is 10.1. The predicted molar refractivity (Wildman–Crippen MR) is 62.4 cm³/mol. The standard InChI is InChI=1S/C11H12ClNS/c1-3-4-9(7-13)11(12)10-6-5-8(2)14-10/h5-6H,3-4H2,1-2H3/b11-9-. The lowest BCUT2D eigenvalue weighted by molar-refractivity contribution is 0.933. The lowest BCUT2D eigenvalue weighted by Crippen LogP contribution is -1.81. The Morgan fingerprint density at radius 1 is 1.57 bits per heavy atom. The van der Waals surface area contributed by atoms with Crippen LogP contribution in [-0.2, 0) is 0 Å². The minimum atomic E-state index is 0.618. The van der Waals surface area contributed by atoms with Gasteiger partial charge < -0.3 is 0 Å². The third-order valence-electron chi connectivity index (χ3n) is 1.86. The molecule has 1 nitrogen and oxygen atoms in total. The van der Waals surface area contributed by atoms with Crippen molar-refractivity contribution in [2.45, 2.75) is 26.7 Å². The molecule has 0 aliphatic heterocycles. The highest BCUT2D eigenvalue weighted by atomic mass is 35.5. The highest BCUT2D eigenvalue weighted by molar-refractivity contribution is 7.13. The second kappa shape index (κ2) is 5.19. The number of thiophene rings is 1. The minimum Gasteiger partial charge on any atom is -0.193 e. The summed E-state index contributed by atoms with van der Waals surface area (Å²) >= 11 is 7.76. The van der Waals surface area contributed by atoms with Crippen LogP contribution in [0.2, 0.25) is 0 Å². The number of rotatable bonds is 3. The molecule has 0 saturated carbocycles. The van der Waals surface area contributed by atoms with Crippen LogP contribution in [0.15, 0.2) is 17.7 Å². The summed E-state index contributed by atoms with van der Waals surface area (Å²) in [5.41, 5.74) is 0.691. The fraction of sp³-hybridized carbons (Fsp3) is 0.364. The zero-order valence-corrected chi connectivity index (χ0v) is 9.87. The highest BCUT2D eigenvalue weighted by Gasteiger charge is 2.07. The predicted octanol–water partition coefficient (Wildman–Crippen LogP) is 4.33. The Kier molecular flexibility index (Phi) is 4.19. The monoisotopic (exact) mass is 225 g/mol. The quantitative estimate of drug-likeness (QED) is 0.703. The number of nitrogens with zero attached hydrogens (tertiary/aromatic N) is 1. The first-order valence-corrected chi connectivity index (χ1v) is 5.74. The second-order valence-corrected chi connectivity index (χ2v) is 4.73. The van der Waals surface area contributed by atoms with E-state index in [0.717, 1.165) is 17.7 Å². The van der Waals surface area contributed by atoms with Gasteiger partial charge in [-0.3, -0.25) is 0 Å². The molecule has 0 fully saturated rings. The van der Waals surface area contributed by atoms with Crippen molar-refractivity contribution in [1.29, 1.82) is 5.26 Å². The van der Waals surface area contributed by atoms with Crippen molar-refractivity contribution in [1.82, 2.24) is 0 Å². The lowest BCUT2D eigenvalue weighted by Gasteiger charge is -1.98. The molecule has 0 N–H and O–H groups in total. The Hall–Kier alpha value is -0.780. The van der Waals surface area contributed by atoms with Gasteiger partial charge in [0, 0.05) is 15.3 Å². The summed E-state index contributed by atoms with van der Waals surface area (Å²) in [7, 11) is 0. The maximum Gasteiger partial charge on any atom is 0.0963 e. The van der Waals surface area contributed by atoms with Gasteiger partial charge in [0.15, 0.2) is 0 Å². The Morgan fingerprint density at radius 3 is 2.71 bits per heavy atom. The van der Waals surface area contributed by atoms with Crippen molar-refractivity contribution in [3.63, 3.8) is 0 Å². The van der Waals surface area contributed by atoms with Crippen molar-refractivity contribution in [2.75, 3.05) is 0 Å². The average molecular weight is 226 g/mol. The van der Waals surface area contributed by atoms with E-state index in [1.54, 1.807) is 11.3 Å². The molecule has 1 heterocycles. The first kappa shape index (κ1) is 11.3. The molecule has 3 heteroatoms. The molecule has 0 spiro atoms. The third kappa shape index (κ3) is 2.60. The molecule has 0 bridgehead atoms. The van der Waals surface area contributed by atoms with Gasteiger partial charge in [-0.15, -0.1) is 11.3 Å². The molecule has 1 aromatic heterocycles. The van der Waals surface area contributed by atoms with Crippen LogP contribution in [0.1, 0.15) is 29.5 Å². The molecule has 1 rings (SSSR count). The fourth-order valence-corrected chi connectivity index (χ4v) is 2.31. The SMILES string of the molecule is CCC/C(C#N)=C(/Cl)c1ccc(C)s1. The van der Waals surface area contributed by atoms with Crippen LogP contribution in [0, 0.1) is 18.3 Å². The molecule has 0 radical (unpaired) electrons. The molecule has 0 atom stereocenters. The summed E-state index contributed by atoms with van der Waals surface area (Å²) in [5.74, 6) is 0. The molecule has 0 aliphatic carbocycles. The van der Waals surface area contributed by atoms with Crippen LogP contribution < -0.4 is 0 Å². The average Bonchev–Trinajstić information content (AvgIpc) is 2.60. The summed E-state index contributed by atoms with van der Waals surface area (Å²) in [6.45, 7) is 4.07. The zero-order valence-electron chi connectivity index (χ0n) is 8.30. The van der Waals surface area contributed by atoms with E-state index >= 15 is 0 Å². The van der Waals surface area contributed by atoms with Crippen molar-refractivity contribution in [3.05, 3.63) is 27.5 Å². The molecule has 0 unspecified atom stereocenters. The molecule has 0 aliphatic rings. The number of hydrogen-bond acceptors (Lipinski definition) is 2. The van der Waals surface area contributed by atoms with E-state index < -0.39 is 0 Å². The first-order valence-electron chi connectivity index (χ1n) is 4.54. The largest absolute Gasteiger partial charge is 0.193 e. The van der Waals surface area contributed by atoms with E-state index in [-0.39, 0.29) is 0 Å². The number of halogens is 1. The van der Waals surface area contributed by atoms with Crippen molar-refractivity contribution in [3.8, 4) is 6.07 Å². The topological polar surface area (TPSA) is 23.8 Å². The normalized spacial score (nSPS) is 12.1. The second-order valence-electron chi connectivity index (χ2n) is 3.06. The molecule has 0 amide bonds. The van der Waals surface area contributed by atoms with Crippen LogP contribution >= 0.6 is 22.9 Å². The van der Waals surface area contributed by atoms with Gasteiger partial charge in [0.25, 0.3) is 0 Å². The van der Waals surface area contributed by atoms with Crippen molar-refractivity contribution in [2.24, 2.45) is 0 Å². The van der Waals surface area contributed by atoms with Gasteiger partial charge in [0.1, 0.15) is 0 Å². The summed E-state index contributed by atoms with van der Waals surface area (Å²) in [5, 5.41) is 9.53. The van der Waals surface area contributed by atoms with Gasteiger partial charge in [-0.25, -0.2) is 0 Å². The molecule has 14 heavy (non-hydrogen) atoms. The maximum atomic E-state index is 8.91. The van der Waals surface area contributed by atoms with E-state index in [1.807, 2.05) is 26.0 Å². The van der Waals surface area contributed by atoms with E-state index in [1.165, 1.54) is 4.88 Å². The Morgan fingerprint density at radius 2 is 2.29 bits per heavy atom. The first-order chi connectivity index (χ1) is 6.69. The molecule has 0 saturated heterocycles. The fourth-order valence-electron chi connectivity index (χ4n) is 1.17. The van der Waals surface area contributed by atoms with E-state index in [0.29, 0.717) is 10.6 Å². The van der Waals surface area contributed by atoms with Crippen LogP contribution in [0.3, 0.4) is 0 Å². The Balaban J connectivity index is 3.02. The summed E-state index contributed by atoms with van der Waals surface area (Å²) in [4.78, 5) is 2.21. The Labute approximate surface area is 93.6 Å². The van der Waals surface area contributed by atoms with Crippen LogP contribution in [0.25, 0.3) is 5.03 Å². The molecule has 1 aromatic rings. The molecule has 74 valence electrons. The molecular weight excluding hydrogens is 214 g/mol. The Bertz CT molecular complexity index is 384. The number of hydrogen-bond donors (Lipinski definition) is 0. The highest BCUT2D eigenvalue weighted by Crippen LogP contribution is 2.30. The number of allylic oxidation sites excluding steroid dienone is 1. The van der Waals surface area contributed by atoms with Gasteiger partial charge in [-0.2, -0.15) is 5.26 Å². The maximum absolute atomic E-state index is 8.91. The van der Waals surface area contributed by atoms with Gasteiger partial charge in [0.05, 0.1) is 11.1 Å². The van der Waals surface area contributed by atoms with Gasteiger partial charge >= 0.3 is 0 Å². The smallest absolute Gasteiger partial charge is 0.0963 e. The van der Waals surface area contributed by atoms with Gasteiger partial charge in [-0.1, -0.05) is 24.9 Å². The van der Waals surface area contributed by atoms with Crippen molar-refractivity contribution >= 4 is 28.0 Å².